The first-order valence-corrected chi connectivity index (χ1v) is 7.32. The second kappa shape index (κ2) is 4.15. The van der Waals surface area contributed by atoms with Crippen LogP contribution in [0.3, 0.4) is 0 Å². The van der Waals surface area contributed by atoms with Crippen LogP contribution < -0.4 is 0 Å². The van der Waals surface area contributed by atoms with Crippen molar-refractivity contribution in [2.45, 2.75) is 70.1 Å². The fourth-order valence-corrected chi connectivity index (χ4v) is 4.17. The average Bonchev–Trinajstić information content (AvgIpc) is 2.68. The van der Waals surface area contributed by atoms with Gasteiger partial charge in [0.05, 0.1) is 5.69 Å². The molecule has 0 N–H and O–H groups in total. The van der Waals surface area contributed by atoms with Gasteiger partial charge in [0.25, 0.3) is 0 Å². The molecular weight excluding hydrogens is 208 g/mol. The van der Waals surface area contributed by atoms with E-state index in [2.05, 4.69) is 18.7 Å². The summed E-state index contributed by atoms with van der Waals surface area (Å²) in [6, 6.07) is 0. The molecule has 1 aromatic heterocycles. The third-order valence-corrected chi connectivity index (χ3v) is 5.00. The van der Waals surface area contributed by atoms with Crippen LogP contribution in [0.15, 0.2) is 0 Å². The lowest BCUT2D eigenvalue weighted by Crippen LogP contribution is -2.33. The number of rotatable bonds is 1. The van der Waals surface area contributed by atoms with Gasteiger partial charge in [0, 0.05) is 18.2 Å². The third kappa shape index (κ3) is 1.64. The molecule has 0 bridgehead atoms. The second-order valence-electron chi connectivity index (χ2n) is 5.95. The van der Waals surface area contributed by atoms with E-state index < -0.39 is 0 Å². The van der Waals surface area contributed by atoms with Gasteiger partial charge < -0.3 is 0 Å². The Kier molecular flexibility index (Phi) is 2.76. The first kappa shape index (κ1) is 11.3. The summed E-state index contributed by atoms with van der Waals surface area (Å²) < 4.78 is 2.16. The third-order valence-electron chi connectivity index (χ3n) is 5.00. The largest absolute Gasteiger partial charge is 0.272 e. The van der Waals surface area contributed by atoms with Crippen LogP contribution in [0.2, 0.25) is 0 Å². The van der Waals surface area contributed by atoms with Crippen LogP contribution in [0.1, 0.15) is 68.8 Å². The molecule has 1 heterocycles. The Morgan fingerprint density at radius 1 is 1.12 bits per heavy atom. The van der Waals surface area contributed by atoms with Crippen LogP contribution in [-0.4, -0.2) is 9.78 Å². The van der Waals surface area contributed by atoms with Crippen LogP contribution in [0, 0.1) is 0 Å². The fraction of sp³-hybridized carbons (Fsp3) is 0.800. The van der Waals surface area contributed by atoms with Gasteiger partial charge in [0.2, 0.25) is 0 Å². The summed E-state index contributed by atoms with van der Waals surface area (Å²) >= 11 is 0. The zero-order valence-electron chi connectivity index (χ0n) is 11.3. The van der Waals surface area contributed by atoms with Crippen molar-refractivity contribution in [3.8, 4) is 0 Å². The smallest absolute Gasteiger partial charge is 0.0720 e. The maximum Gasteiger partial charge on any atom is 0.0720 e. The maximum absolute atomic E-state index is 4.92. The van der Waals surface area contributed by atoms with Crippen molar-refractivity contribution in [1.82, 2.24) is 9.78 Å². The molecule has 2 nitrogen and oxygen atoms in total. The van der Waals surface area contributed by atoms with E-state index in [0.717, 1.165) is 6.42 Å². The SMILES string of the molecule is CCc1c2c(nn1C)C1(CCCCC1)CCC2. The summed E-state index contributed by atoms with van der Waals surface area (Å²) in [5.74, 6) is 0. The molecular formula is C15H24N2. The van der Waals surface area contributed by atoms with Crippen LogP contribution >= 0.6 is 0 Å². The van der Waals surface area contributed by atoms with Gasteiger partial charge in [-0.05, 0) is 44.1 Å². The van der Waals surface area contributed by atoms with E-state index in [9.17, 15) is 0 Å². The molecule has 2 heteroatoms. The lowest BCUT2D eigenvalue weighted by Gasteiger charge is -2.39. The van der Waals surface area contributed by atoms with Crippen molar-refractivity contribution in [3.63, 3.8) is 0 Å². The summed E-state index contributed by atoms with van der Waals surface area (Å²) in [7, 11) is 2.13. The van der Waals surface area contributed by atoms with Crippen molar-refractivity contribution in [2.75, 3.05) is 0 Å². The molecule has 0 atom stereocenters. The lowest BCUT2D eigenvalue weighted by atomic mass is 9.65. The lowest BCUT2D eigenvalue weighted by molar-refractivity contribution is 0.248. The Bertz CT molecular complexity index is 411. The Balaban J connectivity index is 2.07. The Morgan fingerprint density at radius 2 is 1.82 bits per heavy atom. The van der Waals surface area contributed by atoms with E-state index in [1.54, 1.807) is 5.56 Å². The highest BCUT2D eigenvalue weighted by Crippen LogP contribution is 2.47. The van der Waals surface area contributed by atoms with E-state index in [1.165, 1.54) is 62.8 Å². The second-order valence-corrected chi connectivity index (χ2v) is 5.95. The molecule has 0 saturated heterocycles. The van der Waals surface area contributed by atoms with E-state index in [-0.39, 0.29) is 0 Å². The van der Waals surface area contributed by atoms with Gasteiger partial charge in [-0.25, -0.2) is 0 Å². The Hall–Kier alpha value is -0.790. The van der Waals surface area contributed by atoms with Crippen molar-refractivity contribution >= 4 is 0 Å². The summed E-state index contributed by atoms with van der Waals surface area (Å²) in [5, 5.41) is 4.92. The molecule has 94 valence electrons. The van der Waals surface area contributed by atoms with E-state index in [4.69, 9.17) is 5.10 Å². The molecule has 2 aliphatic rings. The molecule has 1 aromatic rings. The van der Waals surface area contributed by atoms with Gasteiger partial charge in [-0.1, -0.05) is 26.2 Å². The highest BCUT2D eigenvalue weighted by molar-refractivity contribution is 5.35. The van der Waals surface area contributed by atoms with E-state index in [1.807, 2.05) is 0 Å². The predicted octanol–water partition coefficient (Wildman–Crippen LogP) is 3.52. The summed E-state index contributed by atoms with van der Waals surface area (Å²) in [5.41, 5.74) is 5.06. The summed E-state index contributed by atoms with van der Waals surface area (Å²) in [6.07, 6.45) is 12.2. The van der Waals surface area contributed by atoms with Gasteiger partial charge in [-0.2, -0.15) is 5.10 Å². The number of fused-ring (bicyclic) bond motifs is 2. The minimum Gasteiger partial charge on any atom is -0.272 e. The molecule has 0 radical (unpaired) electrons. The Morgan fingerprint density at radius 3 is 2.53 bits per heavy atom. The van der Waals surface area contributed by atoms with Gasteiger partial charge in [0.15, 0.2) is 0 Å². The number of hydrogen-bond acceptors (Lipinski definition) is 1. The van der Waals surface area contributed by atoms with E-state index >= 15 is 0 Å². The van der Waals surface area contributed by atoms with Crippen molar-refractivity contribution < 1.29 is 0 Å². The monoisotopic (exact) mass is 232 g/mol. The highest BCUT2D eigenvalue weighted by atomic mass is 15.3. The van der Waals surface area contributed by atoms with Crippen LogP contribution in [0.4, 0.5) is 0 Å². The highest BCUT2D eigenvalue weighted by Gasteiger charge is 2.40. The molecule has 0 aliphatic heterocycles. The first-order chi connectivity index (χ1) is 8.27. The maximum atomic E-state index is 4.92. The standard InChI is InChI=1S/C15H24N2/c1-3-13-12-8-7-11-15(9-5-4-6-10-15)14(12)16-17(13)2/h3-11H2,1-2H3. The fourth-order valence-electron chi connectivity index (χ4n) is 4.17. The van der Waals surface area contributed by atoms with Crippen LogP contribution in [0.25, 0.3) is 0 Å². The van der Waals surface area contributed by atoms with Gasteiger partial charge >= 0.3 is 0 Å². The zero-order chi connectivity index (χ0) is 11.9. The van der Waals surface area contributed by atoms with Crippen LogP contribution in [0.5, 0.6) is 0 Å². The molecule has 3 rings (SSSR count). The number of aromatic nitrogens is 2. The van der Waals surface area contributed by atoms with Crippen molar-refractivity contribution in [3.05, 3.63) is 17.0 Å². The molecule has 0 unspecified atom stereocenters. The van der Waals surface area contributed by atoms with E-state index in [0.29, 0.717) is 5.41 Å². The number of aryl methyl sites for hydroxylation is 1. The molecule has 2 aliphatic carbocycles. The molecule has 17 heavy (non-hydrogen) atoms. The first-order valence-electron chi connectivity index (χ1n) is 7.32. The number of nitrogens with zero attached hydrogens (tertiary/aromatic N) is 2. The Labute approximate surface area is 104 Å². The predicted molar refractivity (Wildman–Crippen MR) is 70.3 cm³/mol. The quantitative estimate of drug-likeness (QED) is 0.724. The van der Waals surface area contributed by atoms with Gasteiger partial charge in [-0.15, -0.1) is 0 Å². The molecule has 0 aromatic carbocycles. The van der Waals surface area contributed by atoms with Crippen molar-refractivity contribution in [2.24, 2.45) is 7.05 Å². The molecule has 1 fully saturated rings. The van der Waals surface area contributed by atoms with Crippen LogP contribution in [-0.2, 0) is 25.3 Å². The topological polar surface area (TPSA) is 17.8 Å². The zero-order valence-corrected chi connectivity index (χ0v) is 11.3. The normalized spacial score (nSPS) is 22.7. The molecule has 1 spiro atoms. The van der Waals surface area contributed by atoms with Gasteiger partial charge in [0.1, 0.15) is 0 Å². The minimum absolute atomic E-state index is 0.469. The summed E-state index contributed by atoms with van der Waals surface area (Å²) in [6.45, 7) is 2.26. The van der Waals surface area contributed by atoms with Crippen molar-refractivity contribution in [1.29, 1.82) is 0 Å². The molecule has 0 amide bonds. The minimum atomic E-state index is 0.469. The summed E-state index contributed by atoms with van der Waals surface area (Å²) in [4.78, 5) is 0. The van der Waals surface area contributed by atoms with Gasteiger partial charge in [-0.3, -0.25) is 4.68 Å². The number of hydrogen-bond donors (Lipinski definition) is 0. The molecule has 1 saturated carbocycles. The average molecular weight is 232 g/mol.